The van der Waals surface area contributed by atoms with Gasteiger partial charge in [-0.05, 0) is 31.5 Å². The molecule has 150 valence electrons. The molecule has 0 spiro atoms. The van der Waals surface area contributed by atoms with Crippen LogP contribution in [0.15, 0.2) is 24.3 Å². The quantitative estimate of drug-likeness (QED) is 0.781. The fourth-order valence-electron chi connectivity index (χ4n) is 3.30. The van der Waals surface area contributed by atoms with Gasteiger partial charge in [-0.3, -0.25) is 14.5 Å². The van der Waals surface area contributed by atoms with Gasteiger partial charge in [0.15, 0.2) is 5.13 Å². The molecule has 6 nitrogen and oxygen atoms in total. The summed E-state index contributed by atoms with van der Waals surface area (Å²) in [5.41, 5.74) is 2.64. The molecule has 2 aromatic rings. The Kier molecular flexibility index (Phi) is 6.46. The number of carbonyl (C=O) groups is 2. The first-order valence-electron chi connectivity index (χ1n) is 9.76. The van der Waals surface area contributed by atoms with Crippen LogP contribution in [0.1, 0.15) is 47.3 Å². The average Bonchev–Trinajstić information content (AvgIpc) is 3.06. The lowest BCUT2D eigenvalue weighted by molar-refractivity contribution is -0.118. The lowest BCUT2D eigenvalue weighted by Crippen LogP contribution is -2.47. The van der Waals surface area contributed by atoms with E-state index in [2.05, 4.69) is 27.4 Å². The zero-order valence-electron chi connectivity index (χ0n) is 16.9. The number of hydrogen-bond acceptors (Lipinski definition) is 5. The second kappa shape index (κ2) is 8.84. The SMILES string of the molecule is CCN1CCc2nc(NC(=O)C(NC(=O)c3cccc(C)c3)C(C)C)sc2C1. The first kappa shape index (κ1) is 20.5. The number of amides is 2. The molecule has 0 aliphatic carbocycles. The summed E-state index contributed by atoms with van der Waals surface area (Å²) in [5.74, 6) is -0.511. The molecule has 3 rings (SSSR count). The molecule has 28 heavy (non-hydrogen) atoms. The van der Waals surface area contributed by atoms with E-state index >= 15 is 0 Å². The second-order valence-electron chi connectivity index (χ2n) is 7.56. The van der Waals surface area contributed by atoms with Crippen LogP contribution in [0.5, 0.6) is 0 Å². The van der Waals surface area contributed by atoms with Gasteiger partial charge in [0.1, 0.15) is 6.04 Å². The van der Waals surface area contributed by atoms with E-state index in [1.165, 1.54) is 16.2 Å². The van der Waals surface area contributed by atoms with Crippen molar-refractivity contribution in [1.29, 1.82) is 0 Å². The highest BCUT2D eigenvalue weighted by Gasteiger charge is 2.27. The van der Waals surface area contributed by atoms with Crippen LogP contribution in [0.2, 0.25) is 0 Å². The Labute approximate surface area is 170 Å². The maximum atomic E-state index is 12.9. The number of nitrogens with one attached hydrogen (secondary N) is 2. The van der Waals surface area contributed by atoms with E-state index in [9.17, 15) is 9.59 Å². The van der Waals surface area contributed by atoms with Gasteiger partial charge < -0.3 is 10.6 Å². The van der Waals surface area contributed by atoms with Crippen molar-refractivity contribution in [2.45, 2.75) is 46.7 Å². The molecule has 1 aliphatic heterocycles. The average molecular weight is 401 g/mol. The molecular formula is C21H28N4O2S. The highest BCUT2D eigenvalue weighted by atomic mass is 32.1. The van der Waals surface area contributed by atoms with Crippen LogP contribution in [-0.4, -0.2) is 40.8 Å². The lowest BCUT2D eigenvalue weighted by Gasteiger charge is -2.23. The van der Waals surface area contributed by atoms with Gasteiger partial charge in [0.05, 0.1) is 5.69 Å². The number of likely N-dealkylation sites (N-methyl/N-ethyl adjacent to an activating group) is 1. The zero-order chi connectivity index (χ0) is 20.3. The summed E-state index contributed by atoms with van der Waals surface area (Å²) in [6.07, 6.45) is 0.910. The number of rotatable bonds is 6. The van der Waals surface area contributed by atoms with Crippen LogP contribution in [0.4, 0.5) is 5.13 Å². The summed E-state index contributed by atoms with van der Waals surface area (Å²) >= 11 is 1.53. The largest absolute Gasteiger partial charge is 0.340 e. The number of fused-ring (bicyclic) bond motifs is 1. The minimum atomic E-state index is -0.624. The molecule has 2 N–H and O–H groups in total. The molecule has 0 saturated carbocycles. The Hall–Kier alpha value is -2.25. The Bertz CT molecular complexity index is 862. The van der Waals surface area contributed by atoms with Gasteiger partial charge >= 0.3 is 0 Å². The van der Waals surface area contributed by atoms with Crippen LogP contribution in [0.25, 0.3) is 0 Å². The molecule has 2 heterocycles. The first-order chi connectivity index (χ1) is 13.4. The number of thiazole rings is 1. The molecule has 1 aromatic heterocycles. The molecule has 0 saturated heterocycles. The number of anilines is 1. The van der Waals surface area contributed by atoms with Crippen LogP contribution in [0.3, 0.4) is 0 Å². The van der Waals surface area contributed by atoms with Crippen molar-refractivity contribution in [2.75, 3.05) is 18.4 Å². The second-order valence-corrected chi connectivity index (χ2v) is 8.65. The van der Waals surface area contributed by atoms with Crippen LogP contribution in [0, 0.1) is 12.8 Å². The van der Waals surface area contributed by atoms with Crippen LogP contribution >= 0.6 is 11.3 Å². The number of hydrogen-bond donors (Lipinski definition) is 2. The van der Waals surface area contributed by atoms with E-state index in [0.717, 1.165) is 37.3 Å². The van der Waals surface area contributed by atoms with Gasteiger partial charge in [-0.1, -0.05) is 38.5 Å². The van der Waals surface area contributed by atoms with E-state index in [-0.39, 0.29) is 17.7 Å². The Morgan fingerprint density at radius 2 is 2.11 bits per heavy atom. The number of aromatic nitrogens is 1. The molecule has 0 bridgehead atoms. The third kappa shape index (κ3) is 4.77. The van der Waals surface area contributed by atoms with Gasteiger partial charge in [-0.15, -0.1) is 11.3 Å². The number of benzene rings is 1. The summed E-state index contributed by atoms with van der Waals surface area (Å²) < 4.78 is 0. The minimum absolute atomic E-state index is 0.0427. The summed E-state index contributed by atoms with van der Waals surface area (Å²) in [6, 6.07) is 6.73. The van der Waals surface area contributed by atoms with Gasteiger partial charge in [0.2, 0.25) is 5.91 Å². The molecule has 2 amide bonds. The predicted molar refractivity (Wildman–Crippen MR) is 113 cm³/mol. The molecule has 0 fully saturated rings. The fraction of sp³-hybridized carbons (Fsp3) is 0.476. The monoisotopic (exact) mass is 400 g/mol. The minimum Gasteiger partial charge on any atom is -0.340 e. The van der Waals surface area contributed by atoms with E-state index in [1.807, 2.05) is 39.0 Å². The normalized spacial score (nSPS) is 15.2. The van der Waals surface area contributed by atoms with E-state index in [4.69, 9.17) is 0 Å². The van der Waals surface area contributed by atoms with Crippen molar-refractivity contribution >= 4 is 28.3 Å². The summed E-state index contributed by atoms with van der Waals surface area (Å²) in [7, 11) is 0. The molecule has 1 atom stereocenters. The van der Waals surface area contributed by atoms with Gasteiger partial charge in [-0.2, -0.15) is 0 Å². The number of aryl methyl sites for hydroxylation is 1. The van der Waals surface area contributed by atoms with Crippen molar-refractivity contribution in [3.8, 4) is 0 Å². The van der Waals surface area contributed by atoms with E-state index in [0.29, 0.717) is 10.7 Å². The standard InChI is InChI=1S/C21H28N4O2S/c1-5-25-10-9-16-17(12-25)28-21(22-16)24-20(27)18(13(2)3)23-19(26)15-8-6-7-14(4)11-15/h6-8,11,13,18H,5,9-10,12H2,1-4H3,(H,23,26)(H,22,24,27). The van der Waals surface area contributed by atoms with E-state index in [1.54, 1.807) is 6.07 Å². The van der Waals surface area contributed by atoms with Crippen molar-refractivity contribution in [2.24, 2.45) is 5.92 Å². The summed E-state index contributed by atoms with van der Waals surface area (Å²) in [5, 5.41) is 6.41. The number of nitrogens with zero attached hydrogens (tertiary/aromatic N) is 2. The lowest BCUT2D eigenvalue weighted by atomic mass is 10.0. The summed E-state index contributed by atoms with van der Waals surface area (Å²) in [6.45, 7) is 10.8. The molecule has 7 heteroatoms. The topological polar surface area (TPSA) is 74.3 Å². The fourth-order valence-corrected chi connectivity index (χ4v) is 4.35. The van der Waals surface area contributed by atoms with Crippen molar-refractivity contribution < 1.29 is 9.59 Å². The van der Waals surface area contributed by atoms with Gasteiger partial charge in [-0.25, -0.2) is 4.98 Å². The molecule has 1 aromatic carbocycles. The molecular weight excluding hydrogens is 372 g/mol. The van der Waals surface area contributed by atoms with Crippen molar-refractivity contribution in [3.63, 3.8) is 0 Å². The highest BCUT2D eigenvalue weighted by Crippen LogP contribution is 2.28. The Balaban J connectivity index is 1.68. The van der Waals surface area contributed by atoms with Crippen molar-refractivity contribution in [1.82, 2.24) is 15.2 Å². The highest BCUT2D eigenvalue weighted by molar-refractivity contribution is 7.15. The maximum absolute atomic E-state index is 12.9. The van der Waals surface area contributed by atoms with Crippen LogP contribution < -0.4 is 10.6 Å². The maximum Gasteiger partial charge on any atom is 0.251 e. The number of carbonyl (C=O) groups excluding carboxylic acids is 2. The van der Waals surface area contributed by atoms with E-state index < -0.39 is 6.04 Å². The van der Waals surface area contributed by atoms with Crippen molar-refractivity contribution in [3.05, 3.63) is 46.0 Å². The molecule has 1 unspecified atom stereocenters. The first-order valence-corrected chi connectivity index (χ1v) is 10.6. The zero-order valence-corrected chi connectivity index (χ0v) is 17.7. The van der Waals surface area contributed by atoms with Gasteiger partial charge in [0, 0.05) is 30.0 Å². The van der Waals surface area contributed by atoms with Gasteiger partial charge in [0.25, 0.3) is 5.91 Å². The van der Waals surface area contributed by atoms with Crippen LogP contribution in [-0.2, 0) is 17.8 Å². The molecule has 0 radical (unpaired) electrons. The smallest absolute Gasteiger partial charge is 0.251 e. The third-order valence-electron chi connectivity index (χ3n) is 5.00. The molecule has 1 aliphatic rings. The Morgan fingerprint density at radius 3 is 2.79 bits per heavy atom. The Morgan fingerprint density at radius 1 is 1.32 bits per heavy atom. The summed E-state index contributed by atoms with van der Waals surface area (Å²) in [4.78, 5) is 33.6. The predicted octanol–water partition coefficient (Wildman–Crippen LogP) is 3.22. The third-order valence-corrected chi connectivity index (χ3v) is 6.00.